The van der Waals surface area contributed by atoms with Gasteiger partial charge >= 0.3 is 12.2 Å². The van der Waals surface area contributed by atoms with Gasteiger partial charge in [0.15, 0.2) is 5.13 Å². The van der Waals surface area contributed by atoms with Crippen LogP contribution >= 0.6 is 11.3 Å². The second-order valence-electron chi connectivity index (χ2n) is 7.93. The number of nitrogens with zero attached hydrogens (tertiary/aromatic N) is 4. The molecule has 7 nitrogen and oxygen atoms in total. The van der Waals surface area contributed by atoms with Gasteiger partial charge in [-0.3, -0.25) is 4.98 Å². The number of hydrogen-bond donors (Lipinski definition) is 0. The molecule has 150 valence electrons. The van der Waals surface area contributed by atoms with Crippen molar-refractivity contribution in [2.75, 3.05) is 18.0 Å². The Morgan fingerprint density at radius 2 is 1.93 bits per heavy atom. The molecule has 3 aromatic rings. The van der Waals surface area contributed by atoms with Crippen LogP contribution in [0.3, 0.4) is 0 Å². The Balaban J connectivity index is 1.61. The zero-order valence-electron chi connectivity index (χ0n) is 16.6. The number of benzene rings is 1. The molecule has 1 saturated heterocycles. The molecule has 0 N–H and O–H groups in total. The van der Waals surface area contributed by atoms with Crippen molar-refractivity contribution >= 4 is 39.4 Å². The number of carbonyl (C=O) groups is 2. The van der Waals surface area contributed by atoms with Gasteiger partial charge in [-0.15, -0.1) is 0 Å². The van der Waals surface area contributed by atoms with Crippen LogP contribution in [0.15, 0.2) is 42.9 Å². The van der Waals surface area contributed by atoms with E-state index in [9.17, 15) is 9.59 Å². The fourth-order valence-corrected chi connectivity index (χ4v) is 4.15. The third-order valence-electron chi connectivity index (χ3n) is 4.75. The monoisotopic (exact) mass is 410 g/mol. The van der Waals surface area contributed by atoms with Gasteiger partial charge in [0, 0.05) is 42.6 Å². The van der Waals surface area contributed by atoms with Crippen LogP contribution < -0.4 is 4.90 Å². The van der Waals surface area contributed by atoms with Gasteiger partial charge in [0.25, 0.3) is 0 Å². The van der Waals surface area contributed by atoms with Crippen molar-refractivity contribution in [2.24, 2.45) is 0 Å². The number of hydrogen-bond acceptors (Lipinski definition) is 6. The minimum atomic E-state index is -0.708. The molecule has 2 amide bonds. The third kappa shape index (κ3) is 3.93. The summed E-state index contributed by atoms with van der Waals surface area (Å²) in [5.41, 5.74) is 0.405. The fourth-order valence-electron chi connectivity index (χ4n) is 3.06. The van der Waals surface area contributed by atoms with Crippen molar-refractivity contribution < 1.29 is 14.3 Å². The SMILES string of the molecule is CC(C)(C)N(C(=O)OC(=O)N1CCC1)c1ncc(-c2ccc3cnccc3c2)s1. The molecular formula is C21H22N4O3S. The van der Waals surface area contributed by atoms with Crippen LogP contribution in [0, 0.1) is 0 Å². The van der Waals surface area contributed by atoms with Gasteiger partial charge in [0.05, 0.1) is 4.88 Å². The summed E-state index contributed by atoms with van der Waals surface area (Å²) in [6.45, 7) is 6.90. The van der Waals surface area contributed by atoms with Crippen LogP contribution in [-0.2, 0) is 4.74 Å². The standard InChI is InChI=1S/C21H22N4O3S/c1-21(2,3)25(20(27)28-19(26)24-9-4-10-24)18-23-13-17(29-18)15-5-6-16-12-22-8-7-14(16)11-15/h5-8,11-13H,4,9-10H2,1-3H3. The van der Waals surface area contributed by atoms with Crippen LogP contribution in [0.25, 0.3) is 21.2 Å². The Hall–Kier alpha value is -3.00. The van der Waals surface area contributed by atoms with E-state index in [2.05, 4.69) is 16.0 Å². The third-order valence-corrected chi connectivity index (χ3v) is 5.78. The van der Waals surface area contributed by atoms with E-state index in [1.807, 2.05) is 45.2 Å². The fraction of sp³-hybridized carbons (Fsp3) is 0.333. The van der Waals surface area contributed by atoms with Gasteiger partial charge < -0.3 is 9.64 Å². The maximum Gasteiger partial charge on any atom is 0.425 e. The van der Waals surface area contributed by atoms with Crippen molar-refractivity contribution in [3.8, 4) is 10.4 Å². The molecule has 2 aromatic heterocycles. The van der Waals surface area contributed by atoms with E-state index < -0.39 is 17.7 Å². The van der Waals surface area contributed by atoms with Crippen LogP contribution in [-0.4, -0.2) is 45.7 Å². The van der Waals surface area contributed by atoms with Gasteiger partial charge in [0.2, 0.25) is 0 Å². The molecule has 0 unspecified atom stereocenters. The minimum absolute atomic E-state index is 0.490. The van der Waals surface area contributed by atoms with Crippen LogP contribution in [0.1, 0.15) is 27.2 Å². The van der Waals surface area contributed by atoms with Gasteiger partial charge in [-0.2, -0.15) is 0 Å². The molecule has 1 aliphatic heterocycles. The Labute approximate surface area is 172 Å². The molecule has 0 aliphatic carbocycles. The number of likely N-dealkylation sites (tertiary alicyclic amines) is 1. The lowest BCUT2D eigenvalue weighted by atomic mass is 10.1. The summed E-state index contributed by atoms with van der Waals surface area (Å²) in [6, 6.07) is 8.05. The first-order chi connectivity index (χ1) is 13.8. The first-order valence-electron chi connectivity index (χ1n) is 9.44. The number of amides is 2. The zero-order valence-corrected chi connectivity index (χ0v) is 17.4. The average Bonchev–Trinajstić information content (AvgIpc) is 3.07. The average molecular weight is 410 g/mol. The molecule has 3 heterocycles. The molecule has 0 radical (unpaired) electrons. The van der Waals surface area contributed by atoms with Crippen molar-refractivity contribution in [3.63, 3.8) is 0 Å². The van der Waals surface area contributed by atoms with Gasteiger partial charge in [-0.1, -0.05) is 23.5 Å². The number of thiazole rings is 1. The smallest absolute Gasteiger partial charge is 0.359 e. The molecule has 1 aliphatic rings. The number of fused-ring (bicyclic) bond motifs is 1. The van der Waals surface area contributed by atoms with Crippen LogP contribution in [0.4, 0.5) is 14.7 Å². The lowest BCUT2D eigenvalue weighted by molar-refractivity contribution is 0.0987. The van der Waals surface area contributed by atoms with Crippen LogP contribution in [0.2, 0.25) is 0 Å². The van der Waals surface area contributed by atoms with Gasteiger partial charge in [-0.25, -0.2) is 19.5 Å². The van der Waals surface area contributed by atoms with Crippen molar-refractivity contribution in [3.05, 3.63) is 42.9 Å². The molecule has 0 spiro atoms. The summed E-state index contributed by atoms with van der Waals surface area (Å²) in [5, 5.41) is 2.63. The quantitative estimate of drug-likeness (QED) is 0.560. The highest BCUT2D eigenvalue weighted by atomic mass is 32.1. The molecule has 0 bridgehead atoms. The van der Waals surface area contributed by atoms with E-state index in [0.29, 0.717) is 18.2 Å². The number of anilines is 1. The van der Waals surface area contributed by atoms with E-state index >= 15 is 0 Å². The highest BCUT2D eigenvalue weighted by molar-refractivity contribution is 7.19. The summed E-state index contributed by atoms with van der Waals surface area (Å²) < 4.78 is 5.10. The first-order valence-corrected chi connectivity index (χ1v) is 10.3. The molecular weight excluding hydrogens is 388 g/mol. The highest BCUT2D eigenvalue weighted by Gasteiger charge is 2.35. The van der Waals surface area contributed by atoms with E-state index in [1.54, 1.807) is 12.4 Å². The summed E-state index contributed by atoms with van der Waals surface area (Å²) in [4.78, 5) is 37.3. The molecule has 4 rings (SSSR count). The zero-order chi connectivity index (χ0) is 20.6. The molecule has 8 heteroatoms. The van der Waals surface area contributed by atoms with Gasteiger partial charge in [-0.05, 0) is 50.3 Å². The second-order valence-corrected chi connectivity index (χ2v) is 8.93. The summed E-state index contributed by atoms with van der Waals surface area (Å²) in [5.74, 6) is 0. The van der Waals surface area contributed by atoms with Crippen LogP contribution in [0.5, 0.6) is 0 Å². The lowest BCUT2D eigenvalue weighted by Gasteiger charge is -2.34. The largest absolute Gasteiger partial charge is 0.425 e. The van der Waals surface area contributed by atoms with Crippen molar-refractivity contribution in [1.29, 1.82) is 0 Å². The minimum Gasteiger partial charge on any atom is -0.359 e. The summed E-state index contributed by atoms with van der Waals surface area (Å²) in [6.07, 6.45) is 4.95. The highest BCUT2D eigenvalue weighted by Crippen LogP contribution is 2.35. The lowest BCUT2D eigenvalue weighted by Crippen LogP contribution is -2.50. The van der Waals surface area contributed by atoms with Crippen molar-refractivity contribution in [1.82, 2.24) is 14.9 Å². The van der Waals surface area contributed by atoms with E-state index in [1.165, 1.54) is 21.1 Å². The second kappa shape index (κ2) is 7.44. The predicted octanol–water partition coefficient (Wildman–Crippen LogP) is 4.93. The van der Waals surface area contributed by atoms with Gasteiger partial charge in [0.1, 0.15) is 0 Å². The Bertz CT molecular complexity index is 1070. The number of pyridine rings is 1. The first kappa shape index (κ1) is 19.3. The Morgan fingerprint density at radius 1 is 1.14 bits per heavy atom. The molecule has 0 atom stereocenters. The molecule has 29 heavy (non-hydrogen) atoms. The number of aromatic nitrogens is 2. The molecule has 0 saturated carbocycles. The van der Waals surface area contributed by atoms with E-state index in [4.69, 9.17) is 4.74 Å². The number of rotatable bonds is 2. The predicted molar refractivity (Wildman–Crippen MR) is 113 cm³/mol. The van der Waals surface area contributed by atoms with E-state index in [0.717, 1.165) is 27.6 Å². The molecule has 1 fully saturated rings. The maximum atomic E-state index is 12.8. The number of carbonyl (C=O) groups excluding carboxylic acids is 2. The summed E-state index contributed by atoms with van der Waals surface area (Å²) in [7, 11) is 0. The Morgan fingerprint density at radius 3 is 2.62 bits per heavy atom. The molecule has 1 aromatic carbocycles. The Kier molecular flexibility index (Phi) is 4.96. The van der Waals surface area contributed by atoms with E-state index in [-0.39, 0.29) is 0 Å². The maximum absolute atomic E-state index is 12.8. The normalized spacial score (nSPS) is 13.8. The van der Waals surface area contributed by atoms with Crippen molar-refractivity contribution in [2.45, 2.75) is 32.7 Å². The summed E-state index contributed by atoms with van der Waals surface area (Å²) >= 11 is 1.39. The number of ether oxygens (including phenoxy) is 1. The topological polar surface area (TPSA) is 75.6 Å².